The molecule has 0 aromatic heterocycles. The molecular formula is C9H9ClFO3P. The zero-order chi connectivity index (χ0) is 10.8. The van der Waals surface area contributed by atoms with Crippen molar-refractivity contribution >= 4 is 19.9 Å². The van der Waals surface area contributed by atoms with Gasteiger partial charge < -0.3 is 9.05 Å². The Hall–Kier alpha value is -0.410. The molecule has 6 heteroatoms. The first-order valence-corrected chi connectivity index (χ1v) is 6.05. The standard InChI is InChI=1S/C9H9ClFO3P/c10-8-2-1-6(11)5-7(8)9-3-4-13-15(12)14-9/h1-2,5,9,15H,3-4H2/t9-/m1/s1. The summed E-state index contributed by atoms with van der Waals surface area (Å²) in [5.74, 6) is -0.385. The van der Waals surface area contributed by atoms with E-state index in [4.69, 9.17) is 20.6 Å². The van der Waals surface area contributed by atoms with Crippen molar-refractivity contribution in [2.75, 3.05) is 6.61 Å². The fourth-order valence-electron chi connectivity index (χ4n) is 1.44. The second kappa shape index (κ2) is 4.62. The predicted molar refractivity (Wildman–Crippen MR) is 54.8 cm³/mol. The summed E-state index contributed by atoms with van der Waals surface area (Å²) in [6, 6.07) is 4.03. The second-order valence-electron chi connectivity index (χ2n) is 3.16. The summed E-state index contributed by atoms with van der Waals surface area (Å²) < 4.78 is 33.9. The van der Waals surface area contributed by atoms with E-state index in [2.05, 4.69) is 0 Å². The first-order chi connectivity index (χ1) is 7.16. The molecule has 0 saturated carbocycles. The van der Waals surface area contributed by atoms with Crippen LogP contribution in [-0.4, -0.2) is 6.61 Å². The molecule has 1 aliphatic heterocycles. The normalized spacial score (nSPS) is 26.5. The summed E-state index contributed by atoms with van der Waals surface area (Å²) >= 11 is 5.90. The third-order valence-electron chi connectivity index (χ3n) is 2.14. The van der Waals surface area contributed by atoms with Gasteiger partial charge in [-0.3, -0.25) is 4.57 Å². The maximum absolute atomic E-state index is 13.0. The minimum atomic E-state index is -2.45. The highest BCUT2D eigenvalue weighted by atomic mass is 35.5. The van der Waals surface area contributed by atoms with Crippen molar-refractivity contribution in [2.24, 2.45) is 0 Å². The minimum absolute atomic E-state index is 0.343. The smallest absolute Gasteiger partial charge is 0.311 e. The average molecular weight is 251 g/mol. The largest absolute Gasteiger partial charge is 0.319 e. The molecule has 1 aromatic rings. The molecule has 1 unspecified atom stereocenters. The Labute approximate surface area is 92.1 Å². The summed E-state index contributed by atoms with van der Waals surface area (Å²) in [5.41, 5.74) is 0.526. The lowest BCUT2D eigenvalue weighted by molar-refractivity contribution is 0.0967. The fraction of sp³-hybridized carbons (Fsp3) is 0.333. The van der Waals surface area contributed by atoms with Crippen molar-refractivity contribution in [1.29, 1.82) is 0 Å². The van der Waals surface area contributed by atoms with Gasteiger partial charge in [0, 0.05) is 17.0 Å². The molecule has 1 aliphatic rings. The van der Waals surface area contributed by atoms with Gasteiger partial charge in [0.2, 0.25) is 0 Å². The maximum atomic E-state index is 13.0. The van der Waals surface area contributed by atoms with Crippen molar-refractivity contribution in [3.8, 4) is 0 Å². The van der Waals surface area contributed by atoms with E-state index in [1.807, 2.05) is 0 Å². The molecule has 15 heavy (non-hydrogen) atoms. The Kier molecular flexibility index (Phi) is 3.42. The lowest BCUT2D eigenvalue weighted by atomic mass is 10.1. The van der Waals surface area contributed by atoms with E-state index in [1.165, 1.54) is 18.2 Å². The van der Waals surface area contributed by atoms with Crippen molar-refractivity contribution < 1.29 is 18.0 Å². The van der Waals surface area contributed by atoms with Crippen LogP contribution in [0.4, 0.5) is 4.39 Å². The Morgan fingerprint density at radius 2 is 2.33 bits per heavy atom. The maximum Gasteiger partial charge on any atom is 0.319 e. The number of hydrogen-bond donors (Lipinski definition) is 0. The van der Waals surface area contributed by atoms with Gasteiger partial charge in [-0.05, 0) is 18.2 Å². The van der Waals surface area contributed by atoms with Crippen molar-refractivity contribution in [1.82, 2.24) is 0 Å². The van der Waals surface area contributed by atoms with Crippen LogP contribution in [0.25, 0.3) is 0 Å². The van der Waals surface area contributed by atoms with Gasteiger partial charge in [0.1, 0.15) is 5.82 Å². The minimum Gasteiger partial charge on any atom is -0.311 e. The number of benzene rings is 1. The number of rotatable bonds is 1. The van der Waals surface area contributed by atoms with Gasteiger partial charge in [-0.2, -0.15) is 0 Å². The summed E-state index contributed by atoms with van der Waals surface area (Å²) in [7, 11) is -2.45. The van der Waals surface area contributed by atoms with Crippen LogP contribution in [0.1, 0.15) is 18.1 Å². The molecule has 0 spiro atoms. The lowest BCUT2D eigenvalue weighted by Crippen LogP contribution is -2.10. The molecule has 82 valence electrons. The Balaban J connectivity index is 2.27. The molecule has 0 amide bonds. The third kappa shape index (κ3) is 2.58. The van der Waals surface area contributed by atoms with Crippen LogP contribution >= 0.6 is 19.9 Å². The van der Waals surface area contributed by atoms with Gasteiger partial charge in [0.25, 0.3) is 0 Å². The van der Waals surface area contributed by atoms with Gasteiger partial charge in [-0.25, -0.2) is 4.39 Å². The van der Waals surface area contributed by atoms with E-state index >= 15 is 0 Å². The topological polar surface area (TPSA) is 35.5 Å². The summed E-state index contributed by atoms with van der Waals surface area (Å²) in [4.78, 5) is 0. The van der Waals surface area contributed by atoms with Gasteiger partial charge in [0.15, 0.2) is 0 Å². The molecule has 0 bridgehead atoms. The molecule has 1 saturated heterocycles. The highest BCUT2D eigenvalue weighted by molar-refractivity contribution is 7.33. The highest BCUT2D eigenvalue weighted by Gasteiger charge is 2.23. The van der Waals surface area contributed by atoms with E-state index in [1.54, 1.807) is 0 Å². The molecule has 1 aromatic carbocycles. The zero-order valence-electron chi connectivity index (χ0n) is 7.70. The van der Waals surface area contributed by atoms with Gasteiger partial charge >= 0.3 is 8.25 Å². The molecule has 2 atom stereocenters. The molecule has 0 radical (unpaired) electrons. The Morgan fingerprint density at radius 1 is 1.53 bits per heavy atom. The van der Waals surface area contributed by atoms with Crippen LogP contribution in [0.3, 0.4) is 0 Å². The fourth-order valence-corrected chi connectivity index (χ4v) is 2.51. The molecule has 1 fully saturated rings. The van der Waals surface area contributed by atoms with Gasteiger partial charge in [-0.1, -0.05) is 11.6 Å². The zero-order valence-corrected chi connectivity index (χ0v) is 9.46. The van der Waals surface area contributed by atoms with Crippen LogP contribution in [0.2, 0.25) is 5.02 Å². The van der Waals surface area contributed by atoms with Crippen LogP contribution < -0.4 is 0 Å². The highest BCUT2D eigenvalue weighted by Crippen LogP contribution is 2.41. The van der Waals surface area contributed by atoms with Crippen LogP contribution in [0.15, 0.2) is 18.2 Å². The van der Waals surface area contributed by atoms with Crippen LogP contribution in [-0.2, 0) is 13.6 Å². The molecule has 1 heterocycles. The molecule has 3 nitrogen and oxygen atoms in total. The summed E-state index contributed by atoms with van der Waals surface area (Å²) in [6.07, 6.45) is 0.0906. The van der Waals surface area contributed by atoms with Crippen LogP contribution in [0, 0.1) is 5.82 Å². The first-order valence-electron chi connectivity index (χ1n) is 4.45. The Bertz CT molecular complexity index is 399. The number of halogens is 2. The van der Waals surface area contributed by atoms with E-state index in [0.29, 0.717) is 23.6 Å². The average Bonchev–Trinajstić information content (AvgIpc) is 2.22. The second-order valence-corrected chi connectivity index (χ2v) is 4.59. The SMILES string of the molecule is O=[PH]1OCC[C@H](c2cc(F)ccc2Cl)O1. The number of hydrogen-bond acceptors (Lipinski definition) is 3. The third-order valence-corrected chi connectivity index (χ3v) is 3.40. The van der Waals surface area contributed by atoms with E-state index in [-0.39, 0.29) is 5.82 Å². The summed E-state index contributed by atoms with van der Waals surface area (Å²) in [5, 5.41) is 0.415. The predicted octanol–water partition coefficient (Wildman–Crippen LogP) is 3.35. The summed E-state index contributed by atoms with van der Waals surface area (Å²) in [6.45, 7) is 0.343. The molecule has 0 N–H and O–H groups in total. The van der Waals surface area contributed by atoms with Crippen LogP contribution in [0.5, 0.6) is 0 Å². The van der Waals surface area contributed by atoms with Gasteiger partial charge in [-0.15, -0.1) is 0 Å². The Morgan fingerprint density at radius 3 is 3.07 bits per heavy atom. The van der Waals surface area contributed by atoms with Gasteiger partial charge in [0.05, 0.1) is 12.7 Å². The lowest BCUT2D eigenvalue weighted by Gasteiger charge is -2.23. The monoisotopic (exact) mass is 250 g/mol. The molecule has 2 rings (SSSR count). The van der Waals surface area contributed by atoms with E-state index in [0.717, 1.165) is 0 Å². The van der Waals surface area contributed by atoms with E-state index < -0.39 is 14.4 Å². The first kappa shape index (κ1) is 11.1. The van der Waals surface area contributed by atoms with E-state index in [9.17, 15) is 8.96 Å². The quantitative estimate of drug-likeness (QED) is 0.717. The molecule has 0 aliphatic carbocycles. The van der Waals surface area contributed by atoms with Crippen molar-refractivity contribution in [3.63, 3.8) is 0 Å². The molecular weight excluding hydrogens is 242 g/mol. The van der Waals surface area contributed by atoms with Crippen molar-refractivity contribution in [2.45, 2.75) is 12.5 Å². The van der Waals surface area contributed by atoms with Crippen molar-refractivity contribution in [3.05, 3.63) is 34.6 Å².